The molecule has 1 N–H and O–H groups in total. The first-order valence-electron chi connectivity index (χ1n) is 13.3. The van der Waals surface area contributed by atoms with Gasteiger partial charge in [-0.25, -0.2) is 26.3 Å². The number of rotatable bonds is 8. The molecule has 0 saturated carbocycles. The maximum atomic E-state index is 14.5. The molecular weight excluding hydrogens is 739 g/mol. The Bertz CT molecular complexity index is 1990. The average Bonchev–Trinajstić information content (AvgIpc) is 3.05. The van der Waals surface area contributed by atoms with E-state index in [0.717, 1.165) is 4.90 Å². The Labute approximate surface area is 278 Å². The number of hydrogen-bond donors (Lipinski definition) is 0. The molecule has 0 radical (unpaired) electrons. The third-order valence-corrected chi connectivity index (χ3v) is 8.35. The van der Waals surface area contributed by atoms with Gasteiger partial charge in [0, 0.05) is 14.7 Å². The van der Waals surface area contributed by atoms with E-state index in [1.165, 1.54) is 43.1 Å². The van der Waals surface area contributed by atoms with Gasteiger partial charge in [-0.05, 0) is 71.8 Å². The van der Waals surface area contributed by atoms with Crippen LogP contribution in [0.4, 0.5) is 51.5 Å². The van der Waals surface area contributed by atoms with Crippen molar-refractivity contribution < 1.29 is 61.1 Å². The van der Waals surface area contributed by atoms with Gasteiger partial charge in [0.2, 0.25) is 5.82 Å². The van der Waals surface area contributed by atoms with Crippen molar-refractivity contribution in [3.63, 3.8) is 0 Å². The first kappa shape index (κ1) is 37.7. The number of methoxy groups -OCH3 is 1. The van der Waals surface area contributed by atoms with Crippen molar-refractivity contribution in [2.45, 2.75) is 19.6 Å². The number of halogens is 12. The van der Waals surface area contributed by atoms with Crippen LogP contribution in [0, 0.1) is 34.9 Å². The van der Waals surface area contributed by atoms with Crippen LogP contribution in [0.25, 0.3) is 11.1 Å². The Balaban J connectivity index is 0.000000698. The number of hydrogen-bond acceptors (Lipinski definition) is 3. The molecule has 0 spiro atoms. The fourth-order valence-electron chi connectivity index (χ4n) is 4.07. The van der Waals surface area contributed by atoms with Gasteiger partial charge < -0.3 is 4.74 Å². The Kier molecular flexibility index (Phi) is 10.5. The van der Waals surface area contributed by atoms with Crippen LogP contribution < -0.4 is 4.74 Å². The van der Waals surface area contributed by atoms with Crippen molar-refractivity contribution in [1.82, 2.24) is 0 Å². The van der Waals surface area contributed by atoms with Crippen LogP contribution in [0.15, 0.2) is 111 Å². The first-order chi connectivity index (χ1) is 22.6. The van der Waals surface area contributed by atoms with E-state index in [0.29, 0.717) is 39.1 Å². The van der Waals surface area contributed by atoms with E-state index in [9.17, 15) is 56.3 Å². The molecule has 5 rings (SSSR count). The summed E-state index contributed by atoms with van der Waals surface area (Å²) in [7, 11) is -9.23. The molecular formula is C32H19F12O2PS2. The Morgan fingerprint density at radius 1 is 0.612 bits per heavy atom. The SMILES string of the molecule is COc1ccc(Sc2c(F)c(F)c(F)c(F)c2F)c(-c2ccc(Sc3ccc(F)c(C(=[OH+])c4ccccc4)c3)cc2)c1.F[P-](F)(F)(F)(F)F. The average molecular weight is 759 g/mol. The van der Waals surface area contributed by atoms with Gasteiger partial charge in [-0.1, -0.05) is 53.9 Å². The molecule has 5 aromatic rings. The van der Waals surface area contributed by atoms with Gasteiger partial charge in [-0.3, -0.25) is 4.79 Å². The van der Waals surface area contributed by atoms with Crippen molar-refractivity contribution in [2.24, 2.45) is 0 Å². The molecule has 5 aromatic carbocycles. The van der Waals surface area contributed by atoms with E-state index in [2.05, 4.69) is 0 Å². The number of ketones is 1. The van der Waals surface area contributed by atoms with E-state index in [1.807, 2.05) is 0 Å². The summed E-state index contributed by atoms with van der Waals surface area (Å²) in [6, 6.07) is 24.5. The van der Waals surface area contributed by atoms with Crippen LogP contribution in [0.5, 0.6) is 5.75 Å². The van der Waals surface area contributed by atoms with Crippen molar-refractivity contribution >= 4 is 37.1 Å². The summed E-state index contributed by atoms with van der Waals surface area (Å²) < 4.78 is 149. The number of carbonyl (C=O) groups excluding carboxylic acids is 1. The molecule has 2 nitrogen and oxygen atoms in total. The molecule has 0 aliphatic carbocycles. The third kappa shape index (κ3) is 10.4. The summed E-state index contributed by atoms with van der Waals surface area (Å²) in [5.74, 6) is -10.5. The molecule has 0 fully saturated rings. The molecule has 17 heteroatoms. The molecule has 49 heavy (non-hydrogen) atoms. The number of ether oxygens (including phenoxy) is 1. The number of benzene rings is 5. The van der Waals surface area contributed by atoms with Crippen LogP contribution >= 0.6 is 31.3 Å². The Morgan fingerprint density at radius 2 is 1.14 bits per heavy atom. The maximum absolute atomic E-state index is 14.5. The van der Waals surface area contributed by atoms with Crippen LogP contribution in [0.1, 0.15) is 11.1 Å². The molecule has 0 heterocycles. The standard InChI is InChI=1S/C32H18F6O2S2.F6P/c1-40-19-9-14-25(42-32-29(37)27(35)26(34)28(36)30(32)38)22(15-19)17-7-10-20(11-8-17)41-21-12-13-24(33)23(16-21)31(39)18-5-3-2-4-6-18;1-7(2,3,4,5)6/h2-16H,1H3;/q;-1/p+1. The van der Waals surface area contributed by atoms with E-state index in [1.54, 1.807) is 66.7 Å². The fraction of sp³-hybridized carbons (Fsp3) is 0.0312. The minimum atomic E-state index is -10.7. The zero-order valence-corrected chi connectivity index (χ0v) is 26.8. The summed E-state index contributed by atoms with van der Waals surface area (Å²) in [6.45, 7) is 0. The quantitative estimate of drug-likeness (QED) is 0.0394. The molecule has 260 valence electrons. The molecule has 0 atom stereocenters. The van der Waals surface area contributed by atoms with Gasteiger partial charge >= 0.3 is 38.8 Å². The van der Waals surface area contributed by atoms with E-state index >= 15 is 0 Å². The second-order valence-corrected chi connectivity index (χ2v) is 13.9. The first-order valence-corrected chi connectivity index (χ1v) is 16.9. The van der Waals surface area contributed by atoms with Crippen LogP contribution in [0.3, 0.4) is 0 Å². The summed E-state index contributed by atoms with van der Waals surface area (Å²) >= 11 is 1.72. The summed E-state index contributed by atoms with van der Waals surface area (Å²) in [4.78, 5) is 11.3. The van der Waals surface area contributed by atoms with Gasteiger partial charge in [-0.15, -0.1) is 0 Å². The molecule has 0 amide bonds. The van der Waals surface area contributed by atoms with Crippen molar-refractivity contribution in [3.8, 4) is 16.9 Å². The molecule has 0 aliphatic heterocycles. The normalized spacial score (nSPS) is 12.8. The van der Waals surface area contributed by atoms with Gasteiger partial charge in [0.15, 0.2) is 23.3 Å². The van der Waals surface area contributed by atoms with Gasteiger partial charge in [0.25, 0.3) is 0 Å². The van der Waals surface area contributed by atoms with Gasteiger partial charge in [0.05, 0.1) is 17.6 Å². The summed E-state index contributed by atoms with van der Waals surface area (Å²) in [5, 5.41) is 0. The van der Waals surface area contributed by atoms with E-state index in [4.69, 9.17) is 4.74 Å². The zero-order chi connectivity index (χ0) is 36.4. The minimum absolute atomic E-state index is 0.0500. The van der Waals surface area contributed by atoms with E-state index in [-0.39, 0.29) is 16.2 Å². The van der Waals surface area contributed by atoms with Crippen molar-refractivity contribution in [3.05, 3.63) is 137 Å². The van der Waals surface area contributed by atoms with Crippen LogP contribution in [-0.2, 0) is 0 Å². The Morgan fingerprint density at radius 3 is 1.69 bits per heavy atom. The van der Waals surface area contributed by atoms with Crippen molar-refractivity contribution in [2.75, 3.05) is 7.11 Å². The predicted octanol–water partition coefficient (Wildman–Crippen LogP) is 12.8. The third-order valence-electron chi connectivity index (χ3n) is 6.21. The molecule has 0 aliphatic rings. The fourth-order valence-corrected chi connectivity index (χ4v) is 5.93. The molecule has 0 aromatic heterocycles. The van der Waals surface area contributed by atoms with Gasteiger partial charge in [-0.2, -0.15) is 0 Å². The second-order valence-electron chi connectivity index (χ2n) is 9.80. The molecule has 0 saturated heterocycles. The van der Waals surface area contributed by atoms with Crippen LogP contribution in [0.2, 0.25) is 0 Å². The monoisotopic (exact) mass is 758 g/mol. The predicted molar refractivity (Wildman–Crippen MR) is 164 cm³/mol. The summed E-state index contributed by atoms with van der Waals surface area (Å²) in [5.41, 5.74) is 1.54. The molecule has 0 unspecified atom stereocenters. The summed E-state index contributed by atoms with van der Waals surface area (Å²) in [6.07, 6.45) is 0. The van der Waals surface area contributed by atoms with Gasteiger partial charge in [0.1, 0.15) is 17.1 Å². The Hall–Kier alpha value is -4.14. The van der Waals surface area contributed by atoms with Crippen molar-refractivity contribution in [1.29, 1.82) is 0 Å². The zero-order valence-electron chi connectivity index (χ0n) is 24.3. The van der Waals surface area contributed by atoms with Crippen LogP contribution in [-0.4, -0.2) is 17.7 Å². The second kappa shape index (κ2) is 13.6. The molecule has 0 bridgehead atoms. The van der Waals surface area contributed by atoms with E-state index < -0.39 is 47.6 Å². The topological polar surface area (TPSA) is 30.6 Å².